The van der Waals surface area contributed by atoms with Crippen LogP contribution < -0.4 is 5.73 Å². The lowest BCUT2D eigenvalue weighted by atomic mass is 10.1. The molecule has 0 radical (unpaired) electrons. The minimum atomic E-state index is 0.184. The van der Waals surface area contributed by atoms with E-state index in [1.807, 2.05) is 18.2 Å². The smallest absolute Gasteiger partial charge is 0.114 e. The molecule has 1 rings (SSSR count). The van der Waals surface area contributed by atoms with Crippen LogP contribution in [0.2, 0.25) is 0 Å². The predicted molar refractivity (Wildman–Crippen MR) is 36.8 cm³/mol. The number of methoxy groups -OCH3 is 1. The van der Waals surface area contributed by atoms with E-state index < -0.39 is 0 Å². The quantitative estimate of drug-likeness (QED) is 0.562. The molecule has 0 amide bonds. The van der Waals surface area contributed by atoms with E-state index in [0.717, 1.165) is 12.2 Å². The summed E-state index contributed by atoms with van der Waals surface area (Å²) in [7, 11) is 1.66. The van der Waals surface area contributed by atoms with Gasteiger partial charge in [-0.2, -0.15) is 0 Å². The van der Waals surface area contributed by atoms with Gasteiger partial charge in [-0.1, -0.05) is 6.08 Å². The molecule has 0 unspecified atom stereocenters. The van der Waals surface area contributed by atoms with E-state index in [4.69, 9.17) is 10.5 Å². The minimum absolute atomic E-state index is 0.184. The highest BCUT2D eigenvalue weighted by atomic mass is 16.5. The summed E-state index contributed by atoms with van der Waals surface area (Å²) in [5.74, 6) is 0.914. The zero-order valence-electron chi connectivity index (χ0n) is 5.50. The second-order valence-corrected chi connectivity index (χ2v) is 2.07. The third-order valence-electron chi connectivity index (χ3n) is 1.33. The summed E-state index contributed by atoms with van der Waals surface area (Å²) in [5, 5.41) is 0. The van der Waals surface area contributed by atoms with Crippen molar-refractivity contribution in [1.82, 2.24) is 0 Å². The van der Waals surface area contributed by atoms with Gasteiger partial charge in [-0.25, -0.2) is 0 Å². The van der Waals surface area contributed by atoms with E-state index in [0.29, 0.717) is 0 Å². The average Bonchev–Trinajstić information content (AvgIpc) is 1.90. The molecule has 0 aliphatic heterocycles. The van der Waals surface area contributed by atoms with Gasteiger partial charge >= 0.3 is 0 Å². The summed E-state index contributed by atoms with van der Waals surface area (Å²) in [5.41, 5.74) is 5.56. The predicted octanol–water partition coefficient (Wildman–Crippen LogP) is 0.804. The first kappa shape index (κ1) is 6.36. The van der Waals surface area contributed by atoms with Gasteiger partial charge in [0.2, 0.25) is 0 Å². The minimum Gasteiger partial charge on any atom is -0.497 e. The van der Waals surface area contributed by atoms with Gasteiger partial charge in [0, 0.05) is 6.04 Å². The highest BCUT2D eigenvalue weighted by Gasteiger charge is 2.01. The van der Waals surface area contributed by atoms with Crippen LogP contribution in [0.25, 0.3) is 0 Å². The van der Waals surface area contributed by atoms with Crippen molar-refractivity contribution in [2.75, 3.05) is 7.11 Å². The first-order valence-electron chi connectivity index (χ1n) is 3.01. The Morgan fingerprint density at radius 1 is 1.78 bits per heavy atom. The first-order chi connectivity index (χ1) is 4.33. The van der Waals surface area contributed by atoms with Crippen molar-refractivity contribution < 1.29 is 4.74 Å². The van der Waals surface area contributed by atoms with E-state index in [1.54, 1.807) is 7.11 Å². The van der Waals surface area contributed by atoms with Crippen LogP contribution in [0.5, 0.6) is 0 Å². The molecule has 50 valence electrons. The van der Waals surface area contributed by atoms with Crippen LogP contribution in [-0.2, 0) is 4.74 Å². The Bertz CT molecular complexity index is 149. The summed E-state index contributed by atoms with van der Waals surface area (Å²) < 4.78 is 4.96. The van der Waals surface area contributed by atoms with Crippen LogP contribution in [0.3, 0.4) is 0 Å². The molecule has 0 fully saturated rings. The van der Waals surface area contributed by atoms with Crippen molar-refractivity contribution in [3.63, 3.8) is 0 Å². The van der Waals surface area contributed by atoms with Crippen molar-refractivity contribution in [3.05, 3.63) is 24.0 Å². The van der Waals surface area contributed by atoms with Gasteiger partial charge in [-0.3, -0.25) is 0 Å². The molecule has 1 atom stereocenters. The Morgan fingerprint density at radius 3 is 3.00 bits per heavy atom. The molecule has 0 aromatic carbocycles. The van der Waals surface area contributed by atoms with Crippen LogP contribution >= 0.6 is 0 Å². The van der Waals surface area contributed by atoms with Gasteiger partial charge in [0.1, 0.15) is 5.76 Å². The zero-order chi connectivity index (χ0) is 6.69. The zero-order valence-corrected chi connectivity index (χ0v) is 5.50. The SMILES string of the molecule is COC1=CC[C@H](N)C=C1. The van der Waals surface area contributed by atoms with E-state index in [1.165, 1.54) is 0 Å². The maximum atomic E-state index is 5.56. The molecule has 0 heterocycles. The van der Waals surface area contributed by atoms with Crippen LogP contribution in [-0.4, -0.2) is 13.2 Å². The fourth-order valence-corrected chi connectivity index (χ4v) is 0.769. The summed E-state index contributed by atoms with van der Waals surface area (Å²) in [6.07, 6.45) is 6.72. The molecule has 0 spiro atoms. The molecular weight excluding hydrogens is 114 g/mol. The molecule has 0 bridgehead atoms. The second-order valence-electron chi connectivity index (χ2n) is 2.07. The second kappa shape index (κ2) is 2.69. The van der Waals surface area contributed by atoms with E-state index >= 15 is 0 Å². The fraction of sp³-hybridized carbons (Fsp3) is 0.429. The number of allylic oxidation sites excluding steroid dienone is 1. The lowest BCUT2D eigenvalue weighted by molar-refractivity contribution is 0.303. The number of hydrogen-bond acceptors (Lipinski definition) is 2. The van der Waals surface area contributed by atoms with E-state index in [2.05, 4.69) is 0 Å². The van der Waals surface area contributed by atoms with Gasteiger partial charge in [0.15, 0.2) is 0 Å². The monoisotopic (exact) mass is 125 g/mol. The lowest BCUT2D eigenvalue weighted by Gasteiger charge is -2.09. The molecule has 2 nitrogen and oxygen atoms in total. The van der Waals surface area contributed by atoms with Crippen LogP contribution in [0.4, 0.5) is 0 Å². The molecule has 0 saturated carbocycles. The fourth-order valence-electron chi connectivity index (χ4n) is 0.769. The van der Waals surface area contributed by atoms with Gasteiger partial charge in [0.05, 0.1) is 7.11 Å². The Hall–Kier alpha value is -0.760. The normalized spacial score (nSPS) is 25.6. The molecule has 1 aliphatic rings. The molecule has 9 heavy (non-hydrogen) atoms. The molecular formula is C7H11NO. The maximum Gasteiger partial charge on any atom is 0.114 e. The standard InChI is InChI=1S/C7H11NO/c1-9-7-4-2-6(8)3-5-7/h2,4-6H,3,8H2,1H3/t6-/m1/s1. The molecule has 1 aliphatic carbocycles. The van der Waals surface area contributed by atoms with Crippen LogP contribution in [0.15, 0.2) is 24.0 Å². The number of ether oxygens (including phenoxy) is 1. The Kier molecular flexibility index (Phi) is 1.90. The van der Waals surface area contributed by atoms with Crippen LogP contribution in [0.1, 0.15) is 6.42 Å². The third-order valence-corrected chi connectivity index (χ3v) is 1.33. The van der Waals surface area contributed by atoms with Crippen molar-refractivity contribution in [3.8, 4) is 0 Å². The topological polar surface area (TPSA) is 35.2 Å². The molecule has 0 aromatic heterocycles. The summed E-state index contributed by atoms with van der Waals surface area (Å²) in [4.78, 5) is 0. The average molecular weight is 125 g/mol. The molecule has 2 N–H and O–H groups in total. The number of hydrogen-bond donors (Lipinski definition) is 1. The largest absolute Gasteiger partial charge is 0.497 e. The molecule has 2 heteroatoms. The summed E-state index contributed by atoms with van der Waals surface area (Å²) in [6.45, 7) is 0. The van der Waals surface area contributed by atoms with E-state index in [-0.39, 0.29) is 6.04 Å². The van der Waals surface area contributed by atoms with Crippen molar-refractivity contribution >= 4 is 0 Å². The van der Waals surface area contributed by atoms with Crippen LogP contribution in [0, 0.1) is 0 Å². The highest BCUT2D eigenvalue weighted by Crippen LogP contribution is 2.08. The maximum absolute atomic E-state index is 5.56. The first-order valence-corrected chi connectivity index (χ1v) is 3.01. The summed E-state index contributed by atoms with van der Waals surface area (Å²) >= 11 is 0. The summed E-state index contributed by atoms with van der Waals surface area (Å²) in [6, 6.07) is 0.184. The number of nitrogens with two attached hydrogens (primary N) is 1. The Balaban J connectivity index is 2.52. The van der Waals surface area contributed by atoms with Gasteiger partial charge in [0.25, 0.3) is 0 Å². The Labute approximate surface area is 55.0 Å². The molecule has 0 saturated heterocycles. The van der Waals surface area contributed by atoms with Crippen molar-refractivity contribution in [1.29, 1.82) is 0 Å². The van der Waals surface area contributed by atoms with Gasteiger partial charge in [-0.15, -0.1) is 0 Å². The van der Waals surface area contributed by atoms with Crippen molar-refractivity contribution in [2.24, 2.45) is 5.73 Å². The lowest BCUT2D eigenvalue weighted by Crippen LogP contribution is -2.17. The molecule has 0 aromatic rings. The van der Waals surface area contributed by atoms with Gasteiger partial charge < -0.3 is 10.5 Å². The third kappa shape index (κ3) is 1.57. The van der Waals surface area contributed by atoms with Gasteiger partial charge in [-0.05, 0) is 18.6 Å². The Morgan fingerprint density at radius 2 is 2.56 bits per heavy atom. The highest BCUT2D eigenvalue weighted by molar-refractivity contribution is 5.19. The van der Waals surface area contributed by atoms with E-state index in [9.17, 15) is 0 Å². The van der Waals surface area contributed by atoms with Crippen molar-refractivity contribution in [2.45, 2.75) is 12.5 Å². The number of rotatable bonds is 1.